The molecule has 0 radical (unpaired) electrons. The number of carbonyl (C=O) groups excluding carboxylic acids is 1. The van der Waals surface area contributed by atoms with Gasteiger partial charge in [0.1, 0.15) is 17.6 Å². The summed E-state index contributed by atoms with van der Waals surface area (Å²) < 4.78 is 59.0. The molecule has 0 aromatic heterocycles. The number of nitriles is 2. The Bertz CT molecular complexity index is 1040. The van der Waals surface area contributed by atoms with Crippen LogP contribution in [0.2, 0.25) is 0 Å². The van der Waals surface area contributed by atoms with Gasteiger partial charge in [-0.25, -0.2) is 4.39 Å². The number of benzene rings is 2. The van der Waals surface area contributed by atoms with Crippen molar-refractivity contribution < 1.29 is 32.2 Å². The van der Waals surface area contributed by atoms with Crippen molar-refractivity contribution in [3.05, 3.63) is 64.5 Å². The summed E-state index contributed by atoms with van der Waals surface area (Å²) in [5.74, 6) is -2.56. The summed E-state index contributed by atoms with van der Waals surface area (Å²) in [6, 6.07) is 8.40. The highest BCUT2D eigenvalue weighted by Crippen LogP contribution is 2.37. The van der Waals surface area contributed by atoms with Crippen LogP contribution >= 0.6 is 0 Å². The van der Waals surface area contributed by atoms with E-state index in [0.29, 0.717) is 6.07 Å². The van der Waals surface area contributed by atoms with E-state index >= 15 is 0 Å². The molecule has 10 heteroatoms. The molecule has 2 unspecified atom stereocenters. The quantitative estimate of drug-likeness (QED) is 0.739. The summed E-state index contributed by atoms with van der Waals surface area (Å²) in [4.78, 5) is 11.7. The van der Waals surface area contributed by atoms with Gasteiger partial charge in [-0.1, -0.05) is 6.07 Å². The maximum Gasteiger partial charge on any atom is 0.417 e. The van der Waals surface area contributed by atoms with Crippen molar-refractivity contribution in [3.63, 3.8) is 0 Å². The lowest BCUT2D eigenvalue weighted by Gasteiger charge is -2.31. The zero-order valence-corrected chi connectivity index (χ0v) is 14.8. The van der Waals surface area contributed by atoms with E-state index < -0.39 is 40.7 Å². The van der Waals surface area contributed by atoms with Gasteiger partial charge in [-0.05, 0) is 36.8 Å². The van der Waals surface area contributed by atoms with Gasteiger partial charge in [0.05, 0.1) is 22.8 Å². The Morgan fingerprint density at radius 2 is 1.72 bits per heavy atom. The second-order valence-electron chi connectivity index (χ2n) is 6.18. The maximum absolute atomic E-state index is 13.8. The maximum atomic E-state index is 13.8. The molecule has 0 saturated heterocycles. The molecule has 6 nitrogen and oxygen atoms in total. The first-order valence-electron chi connectivity index (χ1n) is 7.91. The van der Waals surface area contributed by atoms with Crippen molar-refractivity contribution >= 4 is 5.91 Å². The van der Waals surface area contributed by atoms with Crippen molar-refractivity contribution in [3.8, 4) is 17.9 Å². The van der Waals surface area contributed by atoms with E-state index in [0.717, 1.165) is 37.3 Å². The van der Waals surface area contributed by atoms with Crippen molar-refractivity contribution in [2.24, 2.45) is 5.73 Å². The van der Waals surface area contributed by atoms with Crippen LogP contribution in [0.1, 0.15) is 35.3 Å². The van der Waals surface area contributed by atoms with Gasteiger partial charge in [-0.15, -0.1) is 0 Å². The predicted molar refractivity (Wildman–Crippen MR) is 90.5 cm³/mol. The van der Waals surface area contributed by atoms with E-state index in [9.17, 15) is 27.5 Å². The van der Waals surface area contributed by atoms with Crippen LogP contribution in [0.25, 0.3) is 0 Å². The molecule has 0 aliphatic rings. The van der Waals surface area contributed by atoms with Crippen molar-refractivity contribution in [2.75, 3.05) is 0 Å². The number of ether oxygens (including phenoxy) is 1. The second kappa shape index (κ2) is 7.78. The molecule has 1 amide bonds. The highest BCUT2D eigenvalue weighted by molar-refractivity contribution is 5.83. The Morgan fingerprint density at radius 3 is 2.21 bits per heavy atom. The van der Waals surface area contributed by atoms with Crippen LogP contribution in [0.4, 0.5) is 17.6 Å². The molecule has 29 heavy (non-hydrogen) atoms. The molecule has 2 aromatic carbocycles. The molecule has 3 N–H and O–H groups in total. The minimum atomic E-state index is -4.90. The number of halogens is 4. The molecule has 0 saturated carbocycles. The molecule has 0 bridgehead atoms. The van der Waals surface area contributed by atoms with Crippen LogP contribution in [0.5, 0.6) is 5.75 Å². The van der Waals surface area contributed by atoms with E-state index in [1.54, 1.807) is 6.07 Å². The van der Waals surface area contributed by atoms with Gasteiger partial charge in [0.15, 0.2) is 11.7 Å². The van der Waals surface area contributed by atoms with E-state index in [1.807, 2.05) is 0 Å². The fourth-order valence-electron chi connectivity index (χ4n) is 2.49. The average molecular weight is 407 g/mol. The van der Waals surface area contributed by atoms with Crippen molar-refractivity contribution in [1.82, 2.24) is 0 Å². The van der Waals surface area contributed by atoms with Gasteiger partial charge in [0.2, 0.25) is 0 Å². The van der Waals surface area contributed by atoms with Gasteiger partial charge in [-0.3, -0.25) is 4.79 Å². The lowest BCUT2D eigenvalue weighted by Crippen LogP contribution is -2.48. The average Bonchev–Trinajstić information content (AvgIpc) is 2.64. The molecule has 0 heterocycles. The van der Waals surface area contributed by atoms with E-state index in [1.165, 1.54) is 6.07 Å². The molecule has 150 valence electrons. The normalized spacial score (nSPS) is 14.2. The van der Waals surface area contributed by atoms with Gasteiger partial charge >= 0.3 is 6.18 Å². The Hall–Kier alpha value is -3.63. The molecule has 0 aliphatic carbocycles. The molecule has 0 fully saturated rings. The monoisotopic (exact) mass is 407 g/mol. The Balaban J connectivity index is 2.62. The summed E-state index contributed by atoms with van der Waals surface area (Å²) in [5, 5.41) is 28.1. The molecule has 2 rings (SSSR count). The molecule has 2 aromatic rings. The highest BCUT2D eigenvalue weighted by Gasteiger charge is 2.43. The zero-order valence-electron chi connectivity index (χ0n) is 14.8. The number of hydrogen-bond acceptors (Lipinski definition) is 5. The molecular formula is C19H13F4N3O3. The number of carbonyl (C=O) groups is 1. The fraction of sp³-hybridized carbons (Fsp3) is 0.211. The summed E-state index contributed by atoms with van der Waals surface area (Å²) in [6.45, 7) is 0.922. The SMILES string of the molecule is CC(O)(C(N)=O)C(Oc1ccc(C#N)c(F)c1)c1ccc(C#N)c(C(F)(F)F)c1. The minimum absolute atomic E-state index is 0.272. The van der Waals surface area contributed by atoms with Crippen LogP contribution in [-0.4, -0.2) is 16.6 Å². The smallest absolute Gasteiger partial charge is 0.417 e. The summed E-state index contributed by atoms with van der Waals surface area (Å²) >= 11 is 0. The lowest BCUT2D eigenvalue weighted by atomic mass is 9.90. The lowest BCUT2D eigenvalue weighted by molar-refractivity contribution is -0.145. The topological polar surface area (TPSA) is 120 Å². The van der Waals surface area contributed by atoms with Crippen LogP contribution in [0.3, 0.4) is 0 Å². The Kier molecular flexibility index (Phi) is 5.81. The standard InChI is InChI=1S/C19H13F4N3O3/c1-18(28,17(26)27)16(29-13-5-4-12(9-25)15(20)7-13)10-2-3-11(8-24)14(6-10)19(21,22)23/h2-7,16,28H,1H3,(H2,26,27). The third-order valence-corrected chi connectivity index (χ3v) is 4.10. The number of rotatable bonds is 5. The predicted octanol–water partition coefficient (Wildman–Crippen LogP) is 2.94. The zero-order chi connectivity index (χ0) is 22.0. The fourth-order valence-corrected chi connectivity index (χ4v) is 2.49. The van der Waals surface area contributed by atoms with E-state index in [4.69, 9.17) is 21.0 Å². The first-order valence-corrected chi connectivity index (χ1v) is 7.91. The van der Waals surface area contributed by atoms with Crippen LogP contribution in [-0.2, 0) is 11.0 Å². The van der Waals surface area contributed by atoms with Crippen LogP contribution in [0.15, 0.2) is 36.4 Å². The Morgan fingerprint density at radius 1 is 1.14 bits per heavy atom. The minimum Gasteiger partial charge on any atom is -0.482 e. The molecular weight excluding hydrogens is 394 g/mol. The third-order valence-electron chi connectivity index (χ3n) is 4.10. The van der Waals surface area contributed by atoms with Gasteiger partial charge in [0.25, 0.3) is 5.91 Å². The largest absolute Gasteiger partial charge is 0.482 e. The number of amides is 1. The van der Waals surface area contributed by atoms with Gasteiger partial charge in [-0.2, -0.15) is 23.7 Å². The molecule has 2 atom stereocenters. The van der Waals surface area contributed by atoms with Crippen molar-refractivity contribution in [1.29, 1.82) is 10.5 Å². The first-order chi connectivity index (χ1) is 13.4. The number of aliphatic hydroxyl groups is 1. The summed E-state index contributed by atoms with van der Waals surface area (Å²) in [6.07, 6.45) is -6.67. The highest BCUT2D eigenvalue weighted by atomic mass is 19.4. The van der Waals surface area contributed by atoms with E-state index in [2.05, 4.69) is 0 Å². The number of hydrogen-bond donors (Lipinski definition) is 2. The second-order valence-corrected chi connectivity index (χ2v) is 6.18. The third kappa shape index (κ3) is 4.45. The summed E-state index contributed by atoms with van der Waals surface area (Å²) in [5.41, 5.74) is 0.0321. The van der Waals surface area contributed by atoms with Gasteiger partial charge < -0.3 is 15.6 Å². The van der Waals surface area contributed by atoms with Crippen LogP contribution < -0.4 is 10.5 Å². The summed E-state index contributed by atoms with van der Waals surface area (Å²) in [7, 11) is 0. The molecule has 0 aliphatic heterocycles. The number of nitrogens with two attached hydrogens (primary N) is 1. The first kappa shape index (κ1) is 21.7. The number of primary amides is 1. The van der Waals surface area contributed by atoms with E-state index in [-0.39, 0.29) is 16.9 Å². The Labute approximate surface area is 162 Å². The number of alkyl halides is 3. The van der Waals surface area contributed by atoms with Gasteiger partial charge in [0, 0.05) is 6.07 Å². The number of nitrogens with zero attached hydrogens (tertiary/aromatic N) is 2. The van der Waals surface area contributed by atoms with Crippen molar-refractivity contribution in [2.45, 2.75) is 24.8 Å². The molecule has 0 spiro atoms. The van der Waals surface area contributed by atoms with Crippen LogP contribution in [0, 0.1) is 28.5 Å².